The van der Waals surface area contributed by atoms with Crippen LogP contribution in [-0.4, -0.2) is 113 Å². The predicted octanol–water partition coefficient (Wildman–Crippen LogP) is 3.66. The SMILES string of the molecule is CC[C@H](C)[C@@H]1NC(=O)[C@@H](CC(C)C)NC(=O)[C@H](CC(=O)O)NC(=O)[C@H](C(C)C)NC(=O)[C@@H](CC(C)C)NC(=O)[C@H](CC(C)C)NC(=O)[C@H](CCC(N)=O)NC(=O)CC(CCCCCCCC(C)C)OC1=O. The van der Waals surface area contributed by atoms with Crippen LogP contribution in [0, 0.1) is 35.5 Å². The lowest BCUT2D eigenvalue weighted by molar-refractivity contribution is -0.156. The summed E-state index contributed by atoms with van der Waals surface area (Å²) in [6.07, 6.45) is 3.44. The molecule has 0 spiro atoms. The summed E-state index contributed by atoms with van der Waals surface area (Å²) in [7, 11) is 0. The van der Waals surface area contributed by atoms with Crippen molar-refractivity contribution in [2.75, 3.05) is 0 Å². The molecule has 1 aliphatic heterocycles. The molecule has 10 N–H and O–H groups in total. The van der Waals surface area contributed by atoms with Crippen LogP contribution in [0.4, 0.5) is 0 Å². The van der Waals surface area contributed by atoms with E-state index in [0.29, 0.717) is 18.8 Å². The molecule has 1 unspecified atom stereocenters. The fourth-order valence-electron chi connectivity index (χ4n) is 8.19. The van der Waals surface area contributed by atoms with Crippen LogP contribution in [0.2, 0.25) is 0 Å². The van der Waals surface area contributed by atoms with Gasteiger partial charge >= 0.3 is 11.9 Å². The minimum Gasteiger partial charge on any atom is -0.481 e. The standard InChI is InChI=1S/C51H90N8O12/c1-13-33(12)44-51(70)71-34(20-18-16-14-15-17-19-28(2)3)26-41(61)53-35(21-22-40(52)60)45(64)54-36(23-29(4)5)46(65)55-37(24-30(6)7)48(67)58-43(32(10)11)50(69)57-39(27-42(62)63)47(66)56-38(25-31(8)9)49(68)59-44/h28-39,43-44H,13-27H2,1-12H3,(H2,52,60)(H,53,61)(H,54,64)(H,55,65)(H,56,66)(H,57,69)(H,58,67)(H,59,68)(H,62,63)/t33-,34?,35-,36-,37+,38+,39-,43-,44-/m0/s1. The Bertz CT molecular complexity index is 1770. The molecule has 1 heterocycles. The molecule has 0 aromatic heterocycles. The lowest BCUT2D eigenvalue weighted by Gasteiger charge is -2.30. The van der Waals surface area contributed by atoms with Gasteiger partial charge in [0.25, 0.3) is 0 Å². The number of nitrogens with one attached hydrogen (secondary N) is 7. The highest BCUT2D eigenvalue weighted by Crippen LogP contribution is 2.19. The zero-order chi connectivity index (χ0) is 54.1. The van der Waals surface area contributed by atoms with Crippen molar-refractivity contribution >= 4 is 59.2 Å². The molecule has 71 heavy (non-hydrogen) atoms. The van der Waals surface area contributed by atoms with E-state index in [1.807, 2.05) is 27.7 Å². The second-order valence-electron chi connectivity index (χ2n) is 21.5. The van der Waals surface area contributed by atoms with Crippen LogP contribution in [0.3, 0.4) is 0 Å². The van der Waals surface area contributed by atoms with Crippen LogP contribution in [0.15, 0.2) is 0 Å². The van der Waals surface area contributed by atoms with Gasteiger partial charge < -0.3 is 52.8 Å². The van der Waals surface area contributed by atoms with E-state index >= 15 is 0 Å². The van der Waals surface area contributed by atoms with E-state index < -0.39 is 132 Å². The second kappa shape index (κ2) is 32.6. The molecule has 0 aliphatic carbocycles. The van der Waals surface area contributed by atoms with Crippen molar-refractivity contribution in [2.45, 2.75) is 228 Å². The highest BCUT2D eigenvalue weighted by Gasteiger charge is 2.38. The summed E-state index contributed by atoms with van der Waals surface area (Å²) >= 11 is 0. The van der Waals surface area contributed by atoms with Crippen LogP contribution in [0.5, 0.6) is 0 Å². The molecule has 0 aromatic rings. The molecule has 1 aliphatic rings. The molecule has 0 bridgehead atoms. The predicted molar refractivity (Wildman–Crippen MR) is 269 cm³/mol. The average Bonchev–Trinajstić information content (AvgIpc) is 3.25. The number of carboxylic acid groups (broad SMARTS) is 1. The maximum absolute atomic E-state index is 14.2. The highest BCUT2D eigenvalue weighted by molar-refractivity contribution is 5.98. The summed E-state index contributed by atoms with van der Waals surface area (Å²) in [4.78, 5) is 137. The van der Waals surface area contributed by atoms with Gasteiger partial charge in [-0.05, 0) is 74.0 Å². The third-order valence-corrected chi connectivity index (χ3v) is 12.4. The van der Waals surface area contributed by atoms with Crippen molar-refractivity contribution in [1.82, 2.24) is 37.2 Å². The van der Waals surface area contributed by atoms with Crippen molar-refractivity contribution in [3.8, 4) is 0 Å². The van der Waals surface area contributed by atoms with E-state index in [1.54, 1.807) is 41.5 Å². The Kier molecular flexibility index (Phi) is 29.3. The number of cyclic esters (lactones) is 1. The fraction of sp³-hybridized carbons (Fsp3) is 0.804. The molecule has 8 amide bonds. The largest absolute Gasteiger partial charge is 0.481 e. The number of hydrogen-bond acceptors (Lipinski definition) is 11. The molecule has 0 radical (unpaired) electrons. The van der Waals surface area contributed by atoms with E-state index in [0.717, 1.165) is 32.1 Å². The van der Waals surface area contributed by atoms with E-state index in [9.17, 15) is 53.1 Å². The first kappa shape index (κ1) is 63.7. The van der Waals surface area contributed by atoms with Crippen LogP contribution < -0.4 is 43.0 Å². The molecule has 0 aromatic carbocycles. The van der Waals surface area contributed by atoms with Gasteiger partial charge in [-0.1, -0.05) is 122 Å². The first-order valence-electron chi connectivity index (χ1n) is 26.0. The van der Waals surface area contributed by atoms with Crippen LogP contribution in [-0.2, 0) is 52.7 Å². The van der Waals surface area contributed by atoms with E-state index in [1.165, 1.54) is 0 Å². The lowest BCUT2D eigenvalue weighted by atomic mass is 9.97. The Morgan fingerprint density at radius 3 is 1.44 bits per heavy atom. The minimum absolute atomic E-state index is 0.0453. The van der Waals surface area contributed by atoms with Gasteiger partial charge in [0.15, 0.2) is 0 Å². The molecular formula is C51H90N8O12. The van der Waals surface area contributed by atoms with Gasteiger partial charge in [0.05, 0.1) is 12.8 Å². The van der Waals surface area contributed by atoms with Crippen LogP contribution >= 0.6 is 0 Å². The zero-order valence-electron chi connectivity index (χ0n) is 44.7. The molecule has 406 valence electrons. The van der Waals surface area contributed by atoms with Gasteiger partial charge in [-0.2, -0.15) is 0 Å². The molecular weight excluding hydrogens is 917 g/mol. The number of aliphatic carboxylic acids is 1. The van der Waals surface area contributed by atoms with Crippen LogP contribution in [0.1, 0.15) is 179 Å². The number of hydrogen-bond donors (Lipinski definition) is 9. The molecule has 0 saturated carbocycles. The first-order chi connectivity index (χ1) is 33.1. The van der Waals surface area contributed by atoms with Crippen LogP contribution in [0.25, 0.3) is 0 Å². The lowest BCUT2D eigenvalue weighted by Crippen LogP contribution is -2.61. The van der Waals surface area contributed by atoms with Gasteiger partial charge in [-0.15, -0.1) is 0 Å². The van der Waals surface area contributed by atoms with Crippen molar-refractivity contribution in [3.05, 3.63) is 0 Å². The quantitative estimate of drug-likeness (QED) is 0.0555. The second-order valence-corrected chi connectivity index (χ2v) is 21.5. The van der Waals surface area contributed by atoms with Gasteiger partial charge in [-0.25, -0.2) is 4.79 Å². The molecule has 1 saturated heterocycles. The summed E-state index contributed by atoms with van der Waals surface area (Å²) in [5.41, 5.74) is 5.48. The van der Waals surface area contributed by atoms with Crippen molar-refractivity contribution in [1.29, 1.82) is 0 Å². The Labute approximate surface area is 422 Å². The maximum Gasteiger partial charge on any atom is 0.329 e. The minimum atomic E-state index is -1.72. The first-order valence-corrected chi connectivity index (χ1v) is 26.0. The van der Waals surface area contributed by atoms with Crippen molar-refractivity contribution in [2.24, 2.45) is 41.2 Å². The molecule has 1 fully saturated rings. The van der Waals surface area contributed by atoms with Crippen molar-refractivity contribution in [3.63, 3.8) is 0 Å². The maximum atomic E-state index is 14.2. The topological polar surface area (TPSA) is 310 Å². The molecule has 20 heteroatoms. The number of amides is 8. The Balaban J connectivity index is 4.01. The number of primary amides is 1. The Hall–Kier alpha value is -5.30. The molecule has 1 rings (SSSR count). The van der Waals surface area contributed by atoms with Gasteiger partial charge in [0.1, 0.15) is 48.4 Å². The van der Waals surface area contributed by atoms with Gasteiger partial charge in [0, 0.05) is 6.42 Å². The highest BCUT2D eigenvalue weighted by atomic mass is 16.5. The monoisotopic (exact) mass is 1010 g/mol. The zero-order valence-corrected chi connectivity index (χ0v) is 44.7. The molecule has 20 nitrogen and oxygen atoms in total. The number of rotatable bonds is 22. The summed E-state index contributed by atoms with van der Waals surface area (Å²) in [6, 6.07) is -9.49. The van der Waals surface area contributed by atoms with E-state index in [4.69, 9.17) is 10.5 Å². The number of carbonyl (C=O) groups is 10. The number of esters is 1. The fourth-order valence-corrected chi connectivity index (χ4v) is 8.19. The summed E-state index contributed by atoms with van der Waals surface area (Å²) in [6.45, 7) is 21.9. The number of nitrogens with two attached hydrogens (primary N) is 1. The third kappa shape index (κ3) is 25.6. The third-order valence-electron chi connectivity index (χ3n) is 12.4. The Morgan fingerprint density at radius 2 is 0.986 bits per heavy atom. The smallest absolute Gasteiger partial charge is 0.329 e. The van der Waals surface area contributed by atoms with Crippen molar-refractivity contribution < 1.29 is 57.8 Å². The number of ether oxygens (including phenoxy) is 1. The van der Waals surface area contributed by atoms with E-state index in [2.05, 4.69) is 51.1 Å². The normalized spacial score (nSPS) is 24.7. The number of carboxylic acids is 1. The van der Waals surface area contributed by atoms with Gasteiger partial charge in [0.2, 0.25) is 47.3 Å². The molecule has 9 atom stereocenters. The number of unbranched alkanes of at least 4 members (excludes halogenated alkanes) is 4. The summed E-state index contributed by atoms with van der Waals surface area (Å²) in [5, 5.41) is 28.4. The summed E-state index contributed by atoms with van der Waals surface area (Å²) in [5.74, 6) is -9.85. The average molecular weight is 1010 g/mol. The van der Waals surface area contributed by atoms with Gasteiger partial charge in [-0.3, -0.25) is 43.2 Å². The number of carbonyl (C=O) groups excluding carboxylic acids is 9. The summed E-state index contributed by atoms with van der Waals surface area (Å²) < 4.78 is 6.06. The Morgan fingerprint density at radius 1 is 0.549 bits per heavy atom. The van der Waals surface area contributed by atoms with E-state index in [-0.39, 0.29) is 56.3 Å².